The third-order valence-electron chi connectivity index (χ3n) is 2.62. The largest absolute Gasteiger partial charge is 0.497 e. The number of carbonyl (C=O) groups excluding carboxylic acids is 2. The predicted octanol–water partition coefficient (Wildman–Crippen LogP) is 2.41. The van der Waals surface area contributed by atoms with Gasteiger partial charge in [-0.25, -0.2) is 0 Å². The summed E-state index contributed by atoms with van der Waals surface area (Å²) in [5.41, 5.74) is 6.19. The lowest BCUT2D eigenvalue weighted by Crippen LogP contribution is -2.21. The minimum Gasteiger partial charge on any atom is -0.497 e. The fraction of sp³-hybridized carbons (Fsp3) is 0.143. The van der Waals surface area contributed by atoms with Gasteiger partial charge in [-0.2, -0.15) is 0 Å². The Kier molecular flexibility index (Phi) is 4.92. The molecule has 20 heavy (non-hydrogen) atoms. The number of nitrogens with two attached hydrogens (primary N) is 1. The van der Waals surface area contributed by atoms with Gasteiger partial charge in [-0.1, -0.05) is 18.2 Å². The first-order valence-corrected chi connectivity index (χ1v) is 7.75. The lowest BCUT2D eigenvalue weighted by Gasteiger charge is -2.17. The van der Waals surface area contributed by atoms with Gasteiger partial charge >= 0.3 is 0 Å². The number of carbonyl (C=O) groups is 2. The summed E-state index contributed by atoms with van der Waals surface area (Å²) in [5, 5.41) is 0.849. The molecule has 4 nitrogen and oxygen atoms in total. The number of thioether (sulfide) groups is 2. The van der Waals surface area contributed by atoms with Crippen molar-refractivity contribution in [1.29, 1.82) is 0 Å². The molecule has 1 aliphatic rings. The second kappa shape index (κ2) is 6.67. The van der Waals surface area contributed by atoms with Gasteiger partial charge in [0.25, 0.3) is 5.91 Å². The van der Waals surface area contributed by atoms with Crippen LogP contribution < -0.4 is 10.5 Å². The number of hydrogen-bond acceptors (Lipinski definition) is 5. The molecule has 1 saturated heterocycles. The molecule has 0 unspecified atom stereocenters. The van der Waals surface area contributed by atoms with E-state index in [4.69, 9.17) is 10.5 Å². The van der Waals surface area contributed by atoms with Gasteiger partial charge in [-0.05, 0) is 23.8 Å². The molecule has 0 atom stereocenters. The van der Waals surface area contributed by atoms with Crippen molar-refractivity contribution in [3.8, 4) is 5.75 Å². The molecule has 1 amide bonds. The van der Waals surface area contributed by atoms with Crippen LogP contribution in [0.25, 0.3) is 6.08 Å². The van der Waals surface area contributed by atoms with E-state index in [-0.39, 0.29) is 11.4 Å². The van der Waals surface area contributed by atoms with Crippen LogP contribution in [0.15, 0.2) is 40.2 Å². The summed E-state index contributed by atoms with van der Waals surface area (Å²) in [4.78, 5) is 23.4. The van der Waals surface area contributed by atoms with Gasteiger partial charge in [0.05, 0.1) is 11.3 Å². The topological polar surface area (TPSA) is 69.4 Å². The van der Waals surface area contributed by atoms with Crippen molar-refractivity contribution < 1.29 is 14.3 Å². The minimum absolute atomic E-state index is 0.0796. The highest BCUT2D eigenvalue weighted by atomic mass is 32.3. The molecule has 1 aromatic rings. The van der Waals surface area contributed by atoms with Gasteiger partial charge in [0.2, 0.25) is 0 Å². The van der Waals surface area contributed by atoms with E-state index in [1.807, 2.05) is 12.1 Å². The maximum Gasteiger partial charge on any atom is 0.254 e. The molecule has 104 valence electrons. The first kappa shape index (κ1) is 14.7. The molecule has 2 N–H and O–H groups in total. The van der Waals surface area contributed by atoms with Crippen LogP contribution >= 0.6 is 23.5 Å². The second-order valence-corrected chi connectivity index (χ2v) is 6.50. The van der Waals surface area contributed by atoms with E-state index in [2.05, 4.69) is 0 Å². The average molecular weight is 307 g/mol. The first-order chi connectivity index (χ1) is 9.61. The number of amides is 1. The number of rotatable bonds is 5. The third-order valence-corrected chi connectivity index (χ3v) is 5.20. The Bertz CT molecular complexity index is 585. The van der Waals surface area contributed by atoms with Crippen LogP contribution in [0, 0.1) is 0 Å². The minimum atomic E-state index is -0.677. The average Bonchev–Trinajstić information content (AvgIpc) is 2.40. The summed E-state index contributed by atoms with van der Waals surface area (Å²) in [5.74, 6) is -0.289. The molecule has 0 radical (unpaired) electrons. The summed E-state index contributed by atoms with van der Waals surface area (Å²) < 4.78 is 5.76. The summed E-state index contributed by atoms with van der Waals surface area (Å²) in [6, 6.07) is 7.25. The second-order valence-electron chi connectivity index (χ2n) is 3.90. The number of benzene rings is 1. The third kappa shape index (κ3) is 3.46. The molecular formula is C14H13NO3S2. The van der Waals surface area contributed by atoms with Crippen LogP contribution in [0.5, 0.6) is 5.75 Å². The maximum atomic E-state index is 12.0. The van der Waals surface area contributed by atoms with Gasteiger partial charge in [0.1, 0.15) is 11.3 Å². The van der Waals surface area contributed by atoms with Gasteiger partial charge in [0, 0.05) is 5.08 Å². The number of methoxy groups -OCH3 is 1. The van der Waals surface area contributed by atoms with E-state index in [1.165, 1.54) is 29.6 Å². The van der Waals surface area contributed by atoms with E-state index in [1.54, 1.807) is 25.3 Å². The Morgan fingerprint density at radius 2 is 1.90 bits per heavy atom. The zero-order valence-electron chi connectivity index (χ0n) is 10.8. The van der Waals surface area contributed by atoms with Crippen molar-refractivity contribution >= 4 is 41.3 Å². The van der Waals surface area contributed by atoms with E-state index in [0.717, 1.165) is 16.4 Å². The quantitative estimate of drug-likeness (QED) is 0.514. The Labute approximate surface area is 125 Å². The van der Waals surface area contributed by atoms with Crippen molar-refractivity contribution in [2.75, 3.05) is 12.2 Å². The van der Waals surface area contributed by atoms with Crippen molar-refractivity contribution in [2.24, 2.45) is 5.73 Å². The van der Waals surface area contributed by atoms with Crippen LogP contribution in [0.3, 0.4) is 0 Å². The zero-order valence-corrected chi connectivity index (χ0v) is 12.4. The molecule has 1 aliphatic heterocycles. The van der Waals surface area contributed by atoms with Crippen molar-refractivity contribution in [2.45, 2.75) is 0 Å². The lowest BCUT2D eigenvalue weighted by molar-refractivity contribution is -0.118. The monoisotopic (exact) mass is 307 g/mol. The van der Waals surface area contributed by atoms with Gasteiger partial charge in [0.15, 0.2) is 5.78 Å². The number of primary amides is 1. The Hall–Kier alpha value is -1.66. The van der Waals surface area contributed by atoms with Crippen LogP contribution in [-0.4, -0.2) is 23.9 Å². The van der Waals surface area contributed by atoms with Crippen LogP contribution in [0.2, 0.25) is 0 Å². The van der Waals surface area contributed by atoms with Crippen LogP contribution in [0.4, 0.5) is 0 Å². The molecule has 1 heterocycles. The fourth-order valence-corrected chi connectivity index (χ4v) is 3.19. The van der Waals surface area contributed by atoms with E-state index >= 15 is 0 Å². The summed E-state index contributed by atoms with van der Waals surface area (Å²) in [7, 11) is 1.59. The first-order valence-electron chi connectivity index (χ1n) is 5.78. The van der Waals surface area contributed by atoms with Gasteiger partial charge < -0.3 is 10.5 Å². The highest BCUT2D eigenvalue weighted by Gasteiger charge is 2.24. The number of ketones is 1. The Morgan fingerprint density at radius 3 is 2.35 bits per heavy atom. The van der Waals surface area contributed by atoms with E-state index in [9.17, 15) is 9.59 Å². The summed E-state index contributed by atoms with van der Waals surface area (Å²) in [6.07, 6.45) is 3.02. The Morgan fingerprint density at radius 1 is 1.25 bits per heavy atom. The maximum absolute atomic E-state index is 12.0. The molecule has 0 bridgehead atoms. The predicted molar refractivity (Wildman–Crippen MR) is 83.3 cm³/mol. The smallest absolute Gasteiger partial charge is 0.254 e. The lowest BCUT2D eigenvalue weighted by atomic mass is 10.1. The Balaban J connectivity index is 2.13. The molecule has 0 aromatic heterocycles. The molecule has 0 spiro atoms. The van der Waals surface area contributed by atoms with Crippen molar-refractivity contribution in [1.82, 2.24) is 0 Å². The number of allylic oxidation sites excluding steroid dienone is 1. The number of hydrogen-bond donors (Lipinski definition) is 1. The summed E-state index contributed by atoms with van der Waals surface area (Å²) >= 11 is 2.93. The molecule has 2 rings (SSSR count). The molecule has 6 heteroatoms. The van der Waals surface area contributed by atoms with Crippen LogP contribution in [0.1, 0.15) is 5.56 Å². The van der Waals surface area contributed by atoms with Crippen molar-refractivity contribution in [3.05, 3.63) is 45.7 Å². The van der Waals surface area contributed by atoms with Gasteiger partial charge in [-0.3, -0.25) is 9.59 Å². The standard InChI is InChI=1S/C14H13NO3S2/c1-18-10-5-2-9(3-6-10)4-7-11(16)12(13(15)17)14-19-8-20-14/h2-7H,8H2,1H3,(H2,15,17)/b7-4+. The van der Waals surface area contributed by atoms with Crippen molar-refractivity contribution in [3.63, 3.8) is 0 Å². The normalized spacial score (nSPS) is 13.9. The SMILES string of the molecule is COc1ccc(/C=C/C(=O)C(C(N)=O)=C2SCS2)cc1. The van der Waals surface area contributed by atoms with Crippen LogP contribution in [-0.2, 0) is 9.59 Å². The number of ether oxygens (including phenoxy) is 1. The molecule has 1 aromatic carbocycles. The molecule has 0 saturated carbocycles. The summed E-state index contributed by atoms with van der Waals surface area (Å²) in [6.45, 7) is 0. The van der Waals surface area contributed by atoms with E-state index in [0.29, 0.717) is 4.24 Å². The highest BCUT2D eigenvalue weighted by Crippen LogP contribution is 2.45. The van der Waals surface area contributed by atoms with E-state index < -0.39 is 5.91 Å². The van der Waals surface area contributed by atoms with Gasteiger partial charge in [-0.15, -0.1) is 23.5 Å². The fourth-order valence-electron chi connectivity index (χ4n) is 1.56. The molecular weight excluding hydrogens is 294 g/mol. The zero-order chi connectivity index (χ0) is 14.5. The highest BCUT2D eigenvalue weighted by molar-refractivity contribution is 8.37. The molecule has 0 aliphatic carbocycles. The molecule has 1 fully saturated rings.